The van der Waals surface area contributed by atoms with Gasteiger partial charge in [-0.3, -0.25) is 0 Å². The van der Waals surface area contributed by atoms with Gasteiger partial charge in [0.15, 0.2) is 0 Å². The highest BCUT2D eigenvalue weighted by molar-refractivity contribution is 5.57. The first kappa shape index (κ1) is 15.7. The fourth-order valence-electron chi connectivity index (χ4n) is 3.11. The summed E-state index contributed by atoms with van der Waals surface area (Å²) in [5.41, 5.74) is 5.23. The van der Waals surface area contributed by atoms with Gasteiger partial charge in [-0.15, -0.1) is 0 Å². The molecule has 2 aromatic carbocycles. The van der Waals surface area contributed by atoms with E-state index in [-0.39, 0.29) is 0 Å². The Morgan fingerprint density at radius 3 is 2.13 bits per heavy atom. The minimum atomic E-state index is 1.04. The number of rotatable bonds is 5. The van der Waals surface area contributed by atoms with Crippen LogP contribution in [0.4, 0.5) is 17.1 Å². The molecule has 0 radical (unpaired) electrons. The number of nitrogens with one attached hydrogen (secondary N) is 1. The van der Waals surface area contributed by atoms with Gasteiger partial charge in [-0.2, -0.15) is 0 Å². The summed E-state index contributed by atoms with van der Waals surface area (Å²) < 4.78 is 0. The normalized spacial score (nSPS) is 14.9. The number of piperazine rings is 1. The zero-order valence-electron chi connectivity index (χ0n) is 14.3. The van der Waals surface area contributed by atoms with Gasteiger partial charge in [0.1, 0.15) is 0 Å². The van der Waals surface area contributed by atoms with Crippen molar-refractivity contribution >= 4 is 17.1 Å². The van der Waals surface area contributed by atoms with Crippen LogP contribution in [0, 0.1) is 6.92 Å². The van der Waals surface area contributed by atoms with Crippen LogP contribution >= 0.6 is 0 Å². The van der Waals surface area contributed by atoms with Gasteiger partial charge in [-0.05, 0) is 55.3 Å². The minimum absolute atomic E-state index is 1.04. The van der Waals surface area contributed by atoms with Gasteiger partial charge in [-0.25, -0.2) is 0 Å². The highest BCUT2D eigenvalue weighted by Gasteiger charge is 2.17. The summed E-state index contributed by atoms with van der Waals surface area (Å²) >= 11 is 0. The molecule has 1 N–H and O–H groups in total. The van der Waals surface area contributed by atoms with Crippen LogP contribution in [0.1, 0.15) is 18.9 Å². The van der Waals surface area contributed by atoms with Crippen LogP contribution in [0.15, 0.2) is 48.5 Å². The highest BCUT2D eigenvalue weighted by Crippen LogP contribution is 2.22. The molecule has 0 spiro atoms. The van der Waals surface area contributed by atoms with E-state index in [9.17, 15) is 0 Å². The number of nitrogens with zero attached hydrogens (tertiary/aromatic N) is 2. The van der Waals surface area contributed by atoms with Gasteiger partial charge >= 0.3 is 0 Å². The highest BCUT2D eigenvalue weighted by atomic mass is 15.3. The van der Waals surface area contributed by atoms with Crippen LogP contribution in [0.3, 0.4) is 0 Å². The van der Waals surface area contributed by atoms with Gasteiger partial charge in [0.2, 0.25) is 0 Å². The molecule has 1 aliphatic heterocycles. The fourth-order valence-corrected chi connectivity index (χ4v) is 3.11. The fraction of sp³-hybridized carbons (Fsp3) is 0.400. The monoisotopic (exact) mass is 309 g/mol. The molecule has 3 rings (SSSR count). The predicted octanol–water partition coefficient (Wildman–Crippen LogP) is 4.14. The van der Waals surface area contributed by atoms with E-state index in [0.29, 0.717) is 0 Å². The van der Waals surface area contributed by atoms with Crippen molar-refractivity contribution in [2.45, 2.75) is 20.3 Å². The Kier molecular flexibility index (Phi) is 5.06. The van der Waals surface area contributed by atoms with Crippen molar-refractivity contribution in [1.82, 2.24) is 0 Å². The van der Waals surface area contributed by atoms with Crippen molar-refractivity contribution < 1.29 is 0 Å². The molecule has 2 aromatic rings. The van der Waals surface area contributed by atoms with Crippen LogP contribution in [-0.2, 0) is 0 Å². The van der Waals surface area contributed by atoms with E-state index >= 15 is 0 Å². The Balaban J connectivity index is 1.58. The van der Waals surface area contributed by atoms with E-state index in [1.165, 1.54) is 22.6 Å². The summed E-state index contributed by atoms with van der Waals surface area (Å²) in [6.45, 7) is 9.71. The number of hydrogen-bond donors (Lipinski definition) is 1. The Bertz CT molecular complexity index is 613. The van der Waals surface area contributed by atoms with Gasteiger partial charge in [0.05, 0.1) is 0 Å². The topological polar surface area (TPSA) is 18.5 Å². The maximum atomic E-state index is 3.43. The summed E-state index contributed by atoms with van der Waals surface area (Å²) in [5.74, 6) is 0. The number of aryl methyl sites for hydroxylation is 1. The standard InChI is InChI=1S/C20H27N3/c1-3-11-21-18-7-9-19(10-8-18)22-12-14-23(15-13-22)20-6-4-5-17(2)16-20/h4-10,16,21H,3,11-15H2,1-2H3. The molecular formula is C20H27N3. The number of anilines is 3. The first-order valence-electron chi connectivity index (χ1n) is 8.67. The molecule has 3 heteroatoms. The second kappa shape index (κ2) is 7.40. The maximum Gasteiger partial charge on any atom is 0.0370 e. The van der Waals surface area contributed by atoms with Crippen molar-refractivity contribution in [2.24, 2.45) is 0 Å². The predicted molar refractivity (Wildman–Crippen MR) is 101 cm³/mol. The summed E-state index contributed by atoms with van der Waals surface area (Å²) in [6, 6.07) is 17.7. The molecule has 1 aliphatic rings. The Labute approximate surface area is 139 Å². The SMILES string of the molecule is CCCNc1ccc(N2CCN(c3cccc(C)c3)CC2)cc1. The van der Waals surface area contributed by atoms with E-state index in [1.807, 2.05) is 0 Å². The molecule has 0 saturated carbocycles. The maximum absolute atomic E-state index is 3.43. The zero-order chi connectivity index (χ0) is 16.1. The van der Waals surface area contributed by atoms with Gasteiger partial charge < -0.3 is 15.1 Å². The summed E-state index contributed by atoms with van der Waals surface area (Å²) in [5, 5.41) is 3.43. The molecule has 3 nitrogen and oxygen atoms in total. The van der Waals surface area contributed by atoms with E-state index in [1.54, 1.807) is 0 Å². The average molecular weight is 309 g/mol. The van der Waals surface area contributed by atoms with Crippen molar-refractivity contribution in [3.05, 3.63) is 54.1 Å². The number of hydrogen-bond acceptors (Lipinski definition) is 3. The smallest absolute Gasteiger partial charge is 0.0370 e. The lowest BCUT2D eigenvalue weighted by Crippen LogP contribution is -2.46. The van der Waals surface area contributed by atoms with Gasteiger partial charge in [-0.1, -0.05) is 19.1 Å². The van der Waals surface area contributed by atoms with Crippen molar-refractivity contribution in [1.29, 1.82) is 0 Å². The number of benzene rings is 2. The molecule has 122 valence electrons. The molecule has 0 unspecified atom stereocenters. The van der Waals surface area contributed by atoms with E-state index in [0.717, 1.165) is 39.1 Å². The molecule has 0 aromatic heterocycles. The second-order valence-corrected chi connectivity index (χ2v) is 6.29. The largest absolute Gasteiger partial charge is 0.385 e. The Hall–Kier alpha value is -2.16. The lowest BCUT2D eigenvalue weighted by atomic mass is 10.1. The Morgan fingerprint density at radius 1 is 0.870 bits per heavy atom. The van der Waals surface area contributed by atoms with Crippen LogP contribution in [-0.4, -0.2) is 32.7 Å². The Morgan fingerprint density at radius 2 is 1.52 bits per heavy atom. The third-order valence-electron chi connectivity index (χ3n) is 4.46. The lowest BCUT2D eigenvalue weighted by Gasteiger charge is -2.37. The van der Waals surface area contributed by atoms with E-state index < -0.39 is 0 Å². The van der Waals surface area contributed by atoms with Crippen molar-refractivity contribution in [2.75, 3.05) is 47.8 Å². The summed E-state index contributed by atoms with van der Waals surface area (Å²) in [6.07, 6.45) is 1.16. The molecule has 1 fully saturated rings. The average Bonchev–Trinajstić information content (AvgIpc) is 2.61. The minimum Gasteiger partial charge on any atom is -0.385 e. The van der Waals surface area contributed by atoms with E-state index in [2.05, 4.69) is 77.5 Å². The van der Waals surface area contributed by atoms with Crippen molar-refractivity contribution in [3.8, 4) is 0 Å². The third-order valence-corrected chi connectivity index (χ3v) is 4.46. The molecule has 23 heavy (non-hydrogen) atoms. The van der Waals surface area contributed by atoms with Crippen LogP contribution in [0.25, 0.3) is 0 Å². The van der Waals surface area contributed by atoms with Crippen LogP contribution in [0.2, 0.25) is 0 Å². The lowest BCUT2D eigenvalue weighted by molar-refractivity contribution is 0.653. The molecular weight excluding hydrogens is 282 g/mol. The van der Waals surface area contributed by atoms with Crippen LogP contribution in [0.5, 0.6) is 0 Å². The first-order chi connectivity index (χ1) is 11.3. The second-order valence-electron chi connectivity index (χ2n) is 6.29. The quantitative estimate of drug-likeness (QED) is 0.895. The van der Waals surface area contributed by atoms with Gasteiger partial charge in [0, 0.05) is 49.8 Å². The molecule has 1 heterocycles. The third kappa shape index (κ3) is 3.98. The van der Waals surface area contributed by atoms with E-state index in [4.69, 9.17) is 0 Å². The molecule has 1 saturated heterocycles. The van der Waals surface area contributed by atoms with Gasteiger partial charge in [0.25, 0.3) is 0 Å². The molecule has 0 atom stereocenters. The van der Waals surface area contributed by atoms with Crippen molar-refractivity contribution in [3.63, 3.8) is 0 Å². The first-order valence-corrected chi connectivity index (χ1v) is 8.67. The molecule has 0 amide bonds. The zero-order valence-corrected chi connectivity index (χ0v) is 14.3. The summed E-state index contributed by atoms with van der Waals surface area (Å²) in [7, 11) is 0. The molecule has 0 bridgehead atoms. The summed E-state index contributed by atoms with van der Waals surface area (Å²) in [4.78, 5) is 4.97. The van der Waals surface area contributed by atoms with Crippen LogP contribution < -0.4 is 15.1 Å². The molecule has 0 aliphatic carbocycles.